The molecule has 2 atom stereocenters. The van der Waals surface area contributed by atoms with Gasteiger partial charge in [0.15, 0.2) is 11.5 Å². The van der Waals surface area contributed by atoms with E-state index in [9.17, 15) is 4.79 Å². The molecule has 0 aliphatic heterocycles. The van der Waals surface area contributed by atoms with Gasteiger partial charge in [-0.05, 0) is 32.6 Å². The van der Waals surface area contributed by atoms with Crippen molar-refractivity contribution in [3.05, 3.63) is 11.9 Å². The first-order chi connectivity index (χ1) is 9.04. The Morgan fingerprint density at radius 3 is 2.79 bits per heavy atom. The molecule has 19 heavy (non-hydrogen) atoms. The van der Waals surface area contributed by atoms with Crippen molar-refractivity contribution in [3.8, 4) is 5.75 Å². The third-order valence-corrected chi connectivity index (χ3v) is 4.01. The van der Waals surface area contributed by atoms with Crippen LogP contribution >= 0.6 is 0 Å². The van der Waals surface area contributed by atoms with Gasteiger partial charge < -0.3 is 4.74 Å². The third kappa shape index (κ3) is 2.82. The van der Waals surface area contributed by atoms with E-state index in [0.717, 1.165) is 19.3 Å². The largest absolute Gasteiger partial charge is 0.493 e. The summed E-state index contributed by atoms with van der Waals surface area (Å²) in [7, 11) is 1.60. The SMILES string of the molecule is COc1cnn(C(C)C)c1C(=O)C1CCCC(C)C1. The van der Waals surface area contributed by atoms with Crippen molar-refractivity contribution in [3.63, 3.8) is 0 Å². The van der Waals surface area contributed by atoms with Gasteiger partial charge >= 0.3 is 0 Å². The topological polar surface area (TPSA) is 44.1 Å². The smallest absolute Gasteiger partial charge is 0.187 e. The van der Waals surface area contributed by atoms with Gasteiger partial charge in [0.2, 0.25) is 0 Å². The molecule has 1 aliphatic rings. The number of carbonyl (C=O) groups excluding carboxylic acids is 1. The maximum absolute atomic E-state index is 12.8. The summed E-state index contributed by atoms with van der Waals surface area (Å²) < 4.78 is 7.10. The Kier molecular flexibility index (Phi) is 4.27. The average molecular weight is 264 g/mol. The molecule has 1 aromatic heterocycles. The third-order valence-electron chi connectivity index (χ3n) is 4.01. The van der Waals surface area contributed by atoms with Gasteiger partial charge in [-0.3, -0.25) is 9.48 Å². The number of rotatable bonds is 4. The Balaban J connectivity index is 2.29. The maximum Gasteiger partial charge on any atom is 0.187 e. The number of aromatic nitrogens is 2. The van der Waals surface area contributed by atoms with E-state index in [2.05, 4.69) is 12.0 Å². The van der Waals surface area contributed by atoms with E-state index in [1.165, 1.54) is 6.42 Å². The number of carbonyl (C=O) groups is 1. The Morgan fingerprint density at radius 1 is 1.47 bits per heavy atom. The summed E-state index contributed by atoms with van der Waals surface area (Å²) in [4.78, 5) is 12.8. The van der Waals surface area contributed by atoms with Crippen LogP contribution in [0.5, 0.6) is 5.75 Å². The first-order valence-corrected chi connectivity index (χ1v) is 7.20. The summed E-state index contributed by atoms with van der Waals surface area (Å²) in [6.07, 6.45) is 6.03. The van der Waals surface area contributed by atoms with Gasteiger partial charge in [-0.25, -0.2) is 0 Å². The highest BCUT2D eigenvalue weighted by Crippen LogP contribution is 2.33. The number of hydrogen-bond acceptors (Lipinski definition) is 3. The molecular formula is C15H24N2O2. The van der Waals surface area contributed by atoms with Gasteiger partial charge in [-0.15, -0.1) is 0 Å². The molecule has 1 aromatic rings. The van der Waals surface area contributed by atoms with Gasteiger partial charge in [-0.1, -0.05) is 19.8 Å². The van der Waals surface area contributed by atoms with Crippen LogP contribution in [-0.4, -0.2) is 22.7 Å². The van der Waals surface area contributed by atoms with E-state index >= 15 is 0 Å². The molecule has 1 fully saturated rings. The van der Waals surface area contributed by atoms with Crippen molar-refractivity contribution in [2.24, 2.45) is 11.8 Å². The first-order valence-electron chi connectivity index (χ1n) is 7.20. The molecular weight excluding hydrogens is 240 g/mol. The molecule has 0 N–H and O–H groups in total. The summed E-state index contributed by atoms with van der Waals surface area (Å²) in [5, 5.41) is 4.29. The normalized spacial score (nSPS) is 23.6. The number of methoxy groups -OCH3 is 1. The second-order valence-electron chi connectivity index (χ2n) is 5.93. The lowest BCUT2D eigenvalue weighted by molar-refractivity contribution is 0.0851. The molecule has 4 heteroatoms. The van der Waals surface area contributed by atoms with Crippen LogP contribution in [0.2, 0.25) is 0 Å². The van der Waals surface area contributed by atoms with E-state index in [0.29, 0.717) is 17.4 Å². The van der Waals surface area contributed by atoms with Crippen LogP contribution in [0.3, 0.4) is 0 Å². The molecule has 0 bridgehead atoms. The van der Waals surface area contributed by atoms with Crippen LogP contribution in [-0.2, 0) is 0 Å². The van der Waals surface area contributed by atoms with Crippen LogP contribution in [0.25, 0.3) is 0 Å². The summed E-state index contributed by atoms with van der Waals surface area (Å²) in [5.41, 5.74) is 0.650. The molecule has 2 rings (SSSR count). The molecule has 0 radical (unpaired) electrons. The summed E-state index contributed by atoms with van der Waals surface area (Å²) in [5.74, 6) is 1.59. The van der Waals surface area contributed by atoms with Gasteiger partial charge in [-0.2, -0.15) is 5.10 Å². The van der Waals surface area contributed by atoms with Crippen LogP contribution < -0.4 is 4.74 Å². The average Bonchev–Trinajstić information content (AvgIpc) is 2.81. The number of hydrogen-bond donors (Lipinski definition) is 0. The lowest BCUT2D eigenvalue weighted by Crippen LogP contribution is -2.25. The predicted molar refractivity (Wildman–Crippen MR) is 74.6 cm³/mol. The lowest BCUT2D eigenvalue weighted by Gasteiger charge is -2.26. The fourth-order valence-electron chi connectivity index (χ4n) is 2.99. The molecule has 0 amide bonds. The molecule has 1 saturated carbocycles. The van der Waals surface area contributed by atoms with Gasteiger partial charge in [0, 0.05) is 12.0 Å². The molecule has 4 nitrogen and oxygen atoms in total. The fourth-order valence-corrected chi connectivity index (χ4v) is 2.99. The molecule has 1 aliphatic carbocycles. The first kappa shape index (κ1) is 14.1. The quantitative estimate of drug-likeness (QED) is 0.782. The Labute approximate surface area is 115 Å². The van der Waals surface area contributed by atoms with E-state index in [-0.39, 0.29) is 17.7 Å². The van der Waals surface area contributed by atoms with Crippen molar-refractivity contribution in [1.82, 2.24) is 9.78 Å². The minimum atomic E-state index is 0.131. The number of ketones is 1. The molecule has 0 aromatic carbocycles. The molecule has 0 saturated heterocycles. The van der Waals surface area contributed by atoms with Crippen molar-refractivity contribution < 1.29 is 9.53 Å². The number of Topliss-reactive ketones (excluding diaryl/α,β-unsaturated/α-hetero) is 1. The molecule has 2 unspecified atom stereocenters. The second-order valence-corrected chi connectivity index (χ2v) is 5.93. The zero-order chi connectivity index (χ0) is 14.0. The summed E-state index contributed by atoms with van der Waals surface area (Å²) in [6, 6.07) is 0.170. The van der Waals surface area contributed by atoms with E-state index in [1.807, 2.05) is 13.8 Å². The highest BCUT2D eigenvalue weighted by atomic mass is 16.5. The molecule has 0 spiro atoms. The highest BCUT2D eigenvalue weighted by molar-refractivity contribution is 5.98. The zero-order valence-electron chi connectivity index (χ0n) is 12.3. The highest BCUT2D eigenvalue weighted by Gasteiger charge is 2.31. The Hall–Kier alpha value is -1.32. The van der Waals surface area contributed by atoms with Gasteiger partial charge in [0.1, 0.15) is 5.69 Å². The summed E-state index contributed by atoms with van der Waals surface area (Å²) >= 11 is 0. The van der Waals surface area contributed by atoms with Gasteiger partial charge in [0.25, 0.3) is 0 Å². The molecule has 1 heterocycles. The van der Waals surface area contributed by atoms with Crippen molar-refractivity contribution in [2.75, 3.05) is 7.11 Å². The predicted octanol–water partition coefficient (Wildman–Crippen LogP) is 3.48. The van der Waals surface area contributed by atoms with Crippen LogP contribution in [0, 0.1) is 11.8 Å². The van der Waals surface area contributed by atoms with E-state index < -0.39 is 0 Å². The standard InChI is InChI=1S/C15H24N2O2/c1-10(2)17-14(13(19-4)9-16-17)15(18)12-7-5-6-11(3)8-12/h9-12H,5-8H2,1-4H3. The van der Waals surface area contributed by atoms with Crippen LogP contribution in [0.15, 0.2) is 6.20 Å². The van der Waals surface area contributed by atoms with Crippen LogP contribution in [0.4, 0.5) is 0 Å². The number of nitrogens with zero attached hydrogens (tertiary/aromatic N) is 2. The molecule has 106 valence electrons. The Bertz CT molecular complexity index is 451. The lowest BCUT2D eigenvalue weighted by atomic mass is 9.79. The van der Waals surface area contributed by atoms with Gasteiger partial charge in [0.05, 0.1) is 13.3 Å². The number of ether oxygens (including phenoxy) is 1. The monoisotopic (exact) mass is 264 g/mol. The zero-order valence-corrected chi connectivity index (χ0v) is 12.3. The Morgan fingerprint density at radius 2 is 2.21 bits per heavy atom. The van der Waals surface area contributed by atoms with Crippen molar-refractivity contribution in [2.45, 2.75) is 52.5 Å². The summed E-state index contributed by atoms with van der Waals surface area (Å²) in [6.45, 7) is 6.30. The van der Waals surface area contributed by atoms with Crippen molar-refractivity contribution >= 4 is 5.78 Å². The minimum Gasteiger partial charge on any atom is -0.493 e. The maximum atomic E-state index is 12.8. The van der Waals surface area contributed by atoms with E-state index in [1.54, 1.807) is 18.0 Å². The minimum absolute atomic E-state index is 0.131. The second kappa shape index (κ2) is 5.76. The fraction of sp³-hybridized carbons (Fsp3) is 0.733. The van der Waals surface area contributed by atoms with Crippen molar-refractivity contribution in [1.29, 1.82) is 0 Å². The van der Waals surface area contributed by atoms with E-state index in [4.69, 9.17) is 4.74 Å². The van der Waals surface area contributed by atoms with Crippen LogP contribution in [0.1, 0.15) is 63.0 Å².